The van der Waals surface area contributed by atoms with E-state index in [9.17, 15) is 18.0 Å². The van der Waals surface area contributed by atoms with Crippen molar-refractivity contribution >= 4 is 23.4 Å². The second kappa shape index (κ2) is 8.22. The Hall–Kier alpha value is -2.87. The van der Waals surface area contributed by atoms with Gasteiger partial charge in [0.1, 0.15) is 22.5 Å². The van der Waals surface area contributed by atoms with E-state index in [2.05, 4.69) is 15.3 Å². The minimum Gasteiger partial charge on any atom is -0.323 e. The van der Waals surface area contributed by atoms with E-state index < -0.39 is 17.5 Å². The molecule has 1 N–H and O–H groups in total. The van der Waals surface area contributed by atoms with Gasteiger partial charge in [0, 0.05) is 17.3 Å². The number of hydrogen-bond acceptors (Lipinski definition) is 4. The van der Waals surface area contributed by atoms with E-state index in [1.807, 2.05) is 0 Å². The van der Waals surface area contributed by atoms with E-state index in [0.29, 0.717) is 28.2 Å². The van der Waals surface area contributed by atoms with Crippen LogP contribution in [0.15, 0.2) is 53.6 Å². The van der Waals surface area contributed by atoms with Crippen molar-refractivity contribution in [3.8, 4) is 11.4 Å². The Kier molecular flexibility index (Phi) is 5.75. The summed E-state index contributed by atoms with van der Waals surface area (Å²) >= 11 is 1.15. The first-order chi connectivity index (χ1) is 12.9. The lowest BCUT2D eigenvalue weighted by Crippen LogP contribution is -2.15. The molecule has 27 heavy (non-hydrogen) atoms. The number of nitrogens with one attached hydrogen (secondary N) is 1. The molecular weight excluding hydrogens is 375 g/mol. The van der Waals surface area contributed by atoms with Crippen molar-refractivity contribution in [3.63, 3.8) is 0 Å². The van der Waals surface area contributed by atoms with Gasteiger partial charge in [-0.3, -0.25) is 4.79 Å². The molecule has 0 aliphatic heterocycles. The third-order valence-corrected chi connectivity index (χ3v) is 4.40. The van der Waals surface area contributed by atoms with E-state index in [0.717, 1.165) is 23.9 Å². The van der Waals surface area contributed by atoms with Crippen molar-refractivity contribution in [2.75, 3.05) is 11.1 Å². The topological polar surface area (TPSA) is 54.9 Å². The number of halogens is 3. The number of anilines is 1. The van der Waals surface area contributed by atoms with Gasteiger partial charge in [0.2, 0.25) is 5.91 Å². The summed E-state index contributed by atoms with van der Waals surface area (Å²) in [7, 11) is 0. The third kappa shape index (κ3) is 5.07. The lowest BCUT2D eigenvalue weighted by atomic mass is 10.2. The van der Waals surface area contributed by atoms with Crippen molar-refractivity contribution < 1.29 is 18.0 Å². The smallest absolute Gasteiger partial charge is 0.234 e. The van der Waals surface area contributed by atoms with Gasteiger partial charge in [-0.1, -0.05) is 11.8 Å². The highest BCUT2D eigenvalue weighted by Crippen LogP contribution is 2.22. The number of hydrogen-bond donors (Lipinski definition) is 1. The summed E-state index contributed by atoms with van der Waals surface area (Å²) in [5, 5.41) is 2.94. The Labute approximate surface area is 157 Å². The van der Waals surface area contributed by atoms with Crippen LogP contribution in [0.5, 0.6) is 0 Å². The summed E-state index contributed by atoms with van der Waals surface area (Å²) in [4.78, 5) is 20.7. The second-order valence-corrected chi connectivity index (χ2v) is 6.63. The molecule has 0 spiro atoms. The molecule has 3 aromatic rings. The Bertz CT molecular complexity index is 980. The Morgan fingerprint density at radius 1 is 1.00 bits per heavy atom. The Morgan fingerprint density at radius 3 is 2.41 bits per heavy atom. The highest BCUT2D eigenvalue weighted by Gasteiger charge is 2.11. The molecule has 138 valence electrons. The molecular formula is C19H14F3N3OS. The van der Waals surface area contributed by atoms with E-state index in [-0.39, 0.29) is 17.3 Å². The summed E-state index contributed by atoms with van der Waals surface area (Å²) in [6, 6.07) is 10.4. The lowest BCUT2D eigenvalue weighted by Gasteiger charge is -2.08. The number of nitrogens with zero attached hydrogens (tertiary/aromatic N) is 2. The first-order valence-electron chi connectivity index (χ1n) is 7.90. The van der Waals surface area contributed by atoms with Gasteiger partial charge in [0.25, 0.3) is 0 Å². The molecule has 0 aliphatic carbocycles. The van der Waals surface area contributed by atoms with E-state index in [1.165, 1.54) is 12.1 Å². The predicted molar refractivity (Wildman–Crippen MR) is 97.9 cm³/mol. The number of aromatic nitrogens is 2. The van der Waals surface area contributed by atoms with Crippen LogP contribution in [0, 0.1) is 24.4 Å². The monoisotopic (exact) mass is 389 g/mol. The van der Waals surface area contributed by atoms with Crippen LogP contribution in [-0.4, -0.2) is 21.6 Å². The van der Waals surface area contributed by atoms with Crippen LogP contribution >= 0.6 is 11.8 Å². The summed E-state index contributed by atoms with van der Waals surface area (Å²) in [6.07, 6.45) is 0. The molecule has 0 atom stereocenters. The zero-order valence-corrected chi connectivity index (χ0v) is 15.0. The molecule has 4 nitrogen and oxygen atoms in total. The van der Waals surface area contributed by atoms with Crippen molar-refractivity contribution in [1.29, 1.82) is 0 Å². The van der Waals surface area contributed by atoms with Crippen LogP contribution in [0.4, 0.5) is 18.9 Å². The average Bonchev–Trinajstić information content (AvgIpc) is 2.62. The standard InChI is InChI=1S/C19H14F3N3OS/c1-11-8-18(25-19(23-11)12-2-4-13(20)5-3-12)27-10-17(26)24-16-7-6-14(21)9-15(16)22/h2-9H,10H2,1H3,(H,24,26). The average molecular weight is 389 g/mol. The number of thioether (sulfide) groups is 1. The minimum absolute atomic E-state index is 0.0177. The molecule has 0 radical (unpaired) electrons. The number of carbonyl (C=O) groups excluding carboxylic acids is 1. The van der Waals surface area contributed by atoms with Crippen LogP contribution < -0.4 is 5.32 Å². The van der Waals surface area contributed by atoms with Crippen LogP contribution in [0.2, 0.25) is 0 Å². The van der Waals surface area contributed by atoms with E-state index in [4.69, 9.17) is 0 Å². The molecule has 3 rings (SSSR count). The molecule has 8 heteroatoms. The predicted octanol–water partition coefficient (Wildman–Crippen LogP) is 4.60. The number of carbonyl (C=O) groups is 1. The zero-order chi connectivity index (χ0) is 19.4. The van der Waals surface area contributed by atoms with Crippen molar-refractivity contribution in [2.24, 2.45) is 0 Å². The van der Waals surface area contributed by atoms with Crippen LogP contribution in [-0.2, 0) is 4.79 Å². The molecule has 1 amide bonds. The number of benzene rings is 2. The summed E-state index contributed by atoms with van der Waals surface area (Å²) in [5.74, 6) is -1.97. The van der Waals surface area contributed by atoms with Crippen molar-refractivity contribution in [3.05, 3.63) is 71.7 Å². The van der Waals surface area contributed by atoms with Crippen LogP contribution in [0.1, 0.15) is 5.69 Å². The molecule has 1 aromatic heterocycles. The van der Waals surface area contributed by atoms with Gasteiger partial charge in [0.15, 0.2) is 5.82 Å². The third-order valence-electron chi connectivity index (χ3n) is 3.49. The van der Waals surface area contributed by atoms with Gasteiger partial charge in [-0.15, -0.1) is 0 Å². The maximum atomic E-state index is 13.6. The summed E-state index contributed by atoms with van der Waals surface area (Å²) in [6.45, 7) is 1.78. The molecule has 0 bridgehead atoms. The van der Waals surface area contributed by atoms with Crippen molar-refractivity contribution in [2.45, 2.75) is 11.9 Å². The molecule has 0 saturated carbocycles. The first kappa shape index (κ1) is 18.9. The van der Waals surface area contributed by atoms with Gasteiger partial charge in [-0.2, -0.15) is 0 Å². The highest BCUT2D eigenvalue weighted by molar-refractivity contribution is 7.99. The Morgan fingerprint density at radius 2 is 1.70 bits per heavy atom. The number of rotatable bonds is 5. The highest BCUT2D eigenvalue weighted by atomic mass is 32.2. The number of amides is 1. The quantitative estimate of drug-likeness (QED) is 0.512. The normalized spacial score (nSPS) is 10.7. The molecule has 0 aliphatic rings. The summed E-state index contributed by atoms with van der Waals surface area (Å²) < 4.78 is 39.6. The maximum Gasteiger partial charge on any atom is 0.234 e. The van der Waals surface area contributed by atoms with Gasteiger partial charge in [0.05, 0.1) is 11.4 Å². The molecule has 2 aromatic carbocycles. The minimum atomic E-state index is -0.843. The van der Waals surface area contributed by atoms with Gasteiger partial charge < -0.3 is 5.32 Å². The van der Waals surface area contributed by atoms with E-state index >= 15 is 0 Å². The zero-order valence-electron chi connectivity index (χ0n) is 14.2. The maximum absolute atomic E-state index is 13.6. The largest absolute Gasteiger partial charge is 0.323 e. The fraction of sp³-hybridized carbons (Fsp3) is 0.105. The fourth-order valence-corrected chi connectivity index (χ4v) is 3.01. The summed E-state index contributed by atoms with van der Waals surface area (Å²) in [5.41, 5.74) is 1.25. The van der Waals surface area contributed by atoms with Gasteiger partial charge in [-0.25, -0.2) is 23.1 Å². The molecule has 1 heterocycles. The fourth-order valence-electron chi connectivity index (χ4n) is 2.26. The Balaban J connectivity index is 1.68. The van der Waals surface area contributed by atoms with E-state index in [1.54, 1.807) is 25.1 Å². The van der Waals surface area contributed by atoms with Crippen LogP contribution in [0.25, 0.3) is 11.4 Å². The first-order valence-corrected chi connectivity index (χ1v) is 8.88. The van der Waals surface area contributed by atoms with Gasteiger partial charge in [-0.05, 0) is 49.4 Å². The molecule has 0 saturated heterocycles. The second-order valence-electron chi connectivity index (χ2n) is 5.64. The SMILES string of the molecule is Cc1cc(SCC(=O)Nc2ccc(F)cc2F)nc(-c2ccc(F)cc2)n1. The lowest BCUT2D eigenvalue weighted by molar-refractivity contribution is -0.113. The van der Waals surface area contributed by atoms with Crippen LogP contribution in [0.3, 0.4) is 0 Å². The van der Waals surface area contributed by atoms with Gasteiger partial charge >= 0.3 is 0 Å². The molecule has 0 unspecified atom stereocenters. The van der Waals surface area contributed by atoms with Crippen molar-refractivity contribution in [1.82, 2.24) is 9.97 Å². The molecule has 0 fully saturated rings. The number of aryl methyl sites for hydroxylation is 1.